The third-order valence-electron chi connectivity index (χ3n) is 3.78. The van der Waals surface area contributed by atoms with E-state index < -0.39 is 4.92 Å². The van der Waals surface area contributed by atoms with Gasteiger partial charge in [-0.25, -0.2) is 0 Å². The van der Waals surface area contributed by atoms with Crippen LogP contribution >= 0.6 is 0 Å². The van der Waals surface area contributed by atoms with E-state index in [9.17, 15) is 10.1 Å². The quantitative estimate of drug-likeness (QED) is 0.675. The summed E-state index contributed by atoms with van der Waals surface area (Å²) in [6.07, 6.45) is 1.000. The number of non-ortho nitro benzene ring substituents is 1. The first-order valence-electron chi connectivity index (χ1n) is 6.65. The Morgan fingerprint density at radius 1 is 1.55 bits per heavy atom. The number of nitrogens with one attached hydrogen (secondary N) is 1. The van der Waals surface area contributed by atoms with Crippen LogP contribution in [0, 0.1) is 27.4 Å². The maximum atomic E-state index is 10.7. The standard InChI is InChI=1S/C14H18N4O2/c1-10-9-17(2)6-5-13(10)16-14-4-3-12(18(19)20)7-11(14)8-15/h3-4,7,10,13,16H,5-6,9H2,1-2H3. The molecule has 0 saturated carbocycles. The molecule has 1 fully saturated rings. The molecule has 1 aromatic rings. The average Bonchev–Trinajstić information content (AvgIpc) is 2.42. The van der Waals surface area contributed by atoms with Gasteiger partial charge in [0.1, 0.15) is 6.07 Å². The van der Waals surface area contributed by atoms with Gasteiger partial charge in [0, 0.05) is 24.7 Å². The van der Waals surface area contributed by atoms with Gasteiger partial charge < -0.3 is 10.2 Å². The highest BCUT2D eigenvalue weighted by Gasteiger charge is 2.24. The van der Waals surface area contributed by atoms with E-state index >= 15 is 0 Å². The SMILES string of the molecule is CC1CN(C)CCC1Nc1ccc([N+](=O)[O-])cc1C#N. The van der Waals surface area contributed by atoms with Gasteiger partial charge in [-0.3, -0.25) is 10.1 Å². The summed E-state index contributed by atoms with van der Waals surface area (Å²) in [6.45, 7) is 4.19. The van der Waals surface area contributed by atoms with Gasteiger partial charge in [0.15, 0.2) is 0 Å². The molecule has 1 heterocycles. The van der Waals surface area contributed by atoms with Gasteiger partial charge >= 0.3 is 0 Å². The van der Waals surface area contributed by atoms with Crippen LogP contribution in [0.2, 0.25) is 0 Å². The fourth-order valence-electron chi connectivity index (χ4n) is 2.63. The number of hydrogen-bond donors (Lipinski definition) is 1. The van der Waals surface area contributed by atoms with Crippen LogP contribution in [0.5, 0.6) is 0 Å². The summed E-state index contributed by atoms with van der Waals surface area (Å²) in [5.74, 6) is 0.468. The zero-order chi connectivity index (χ0) is 14.7. The summed E-state index contributed by atoms with van der Waals surface area (Å²) in [5.41, 5.74) is 0.952. The summed E-state index contributed by atoms with van der Waals surface area (Å²) in [4.78, 5) is 12.5. The first kappa shape index (κ1) is 14.3. The Kier molecular flexibility index (Phi) is 4.20. The summed E-state index contributed by atoms with van der Waals surface area (Å²) < 4.78 is 0. The van der Waals surface area contributed by atoms with Crippen LogP contribution in [0.15, 0.2) is 18.2 Å². The zero-order valence-electron chi connectivity index (χ0n) is 11.7. The van der Waals surface area contributed by atoms with Crippen molar-refractivity contribution >= 4 is 11.4 Å². The number of rotatable bonds is 3. The Morgan fingerprint density at radius 3 is 2.90 bits per heavy atom. The fourth-order valence-corrected chi connectivity index (χ4v) is 2.63. The second kappa shape index (κ2) is 5.88. The average molecular weight is 274 g/mol. The number of nitro groups is 1. The molecule has 0 aromatic heterocycles. The molecule has 2 atom stereocenters. The van der Waals surface area contributed by atoms with Crippen LogP contribution in [-0.4, -0.2) is 36.0 Å². The van der Waals surface area contributed by atoms with Crippen LogP contribution < -0.4 is 5.32 Å². The van der Waals surface area contributed by atoms with Crippen molar-refractivity contribution in [3.05, 3.63) is 33.9 Å². The molecule has 2 rings (SSSR count). The highest BCUT2D eigenvalue weighted by molar-refractivity contribution is 5.61. The Labute approximate surface area is 118 Å². The fraction of sp³-hybridized carbons (Fsp3) is 0.500. The maximum absolute atomic E-state index is 10.7. The van der Waals surface area contributed by atoms with Crippen molar-refractivity contribution in [2.24, 2.45) is 5.92 Å². The first-order valence-corrected chi connectivity index (χ1v) is 6.65. The van der Waals surface area contributed by atoms with Crippen molar-refractivity contribution < 1.29 is 4.92 Å². The molecule has 0 aliphatic carbocycles. The minimum atomic E-state index is -0.483. The van der Waals surface area contributed by atoms with E-state index in [1.54, 1.807) is 6.07 Å². The molecule has 6 heteroatoms. The van der Waals surface area contributed by atoms with Crippen molar-refractivity contribution in [3.8, 4) is 6.07 Å². The number of hydrogen-bond acceptors (Lipinski definition) is 5. The van der Waals surface area contributed by atoms with Gasteiger partial charge in [0.2, 0.25) is 0 Å². The third kappa shape index (κ3) is 3.06. The van der Waals surface area contributed by atoms with E-state index in [-0.39, 0.29) is 5.69 Å². The van der Waals surface area contributed by atoms with E-state index in [2.05, 4.69) is 24.2 Å². The van der Waals surface area contributed by atoms with E-state index in [0.29, 0.717) is 23.2 Å². The van der Waals surface area contributed by atoms with Crippen LogP contribution in [0.25, 0.3) is 0 Å². The summed E-state index contributed by atoms with van der Waals surface area (Å²) in [6, 6.07) is 6.70. The molecule has 1 aliphatic heterocycles. The lowest BCUT2D eigenvalue weighted by Crippen LogP contribution is -2.43. The number of piperidine rings is 1. The van der Waals surface area contributed by atoms with E-state index in [1.807, 2.05) is 6.07 Å². The summed E-state index contributed by atoms with van der Waals surface area (Å²) in [5, 5.41) is 23.2. The van der Waals surface area contributed by atoms with Crippen LogP contribution in [0.3, 0.4) is 0 Å². The summed E-state index contributed by atoms with van der Waals surface area (Å²) >= 11 is 0. The largest absolute Gasteiger partial charge is 0.381 e. The molecule has 106 valence electrons. The molecule has 1 N–H and O–H groups in total. The molecule has 0 amide bonds. The van der Waals surface area contributed by atoms with Crippen LogP contribution in [0.4, 0.5) is 11.4 Å². The van der Waals surface area contributed by atoms with Crippen molar-refractivity contribution in [2.45, 2.75) is 19.4 Å². The Balaban J connectivity index is 2.17. The number of nitriles is 1. The van der Waals surface area contributed by atoms with Crippen LogP contribution in [-0.2, 0) is 0 Å². The summed E-state index contributed by atoms with van der Waals surface area (Å²) in [7, 11) is 2.10. The highest BCUT2D eigenvalue weighted by Crippen LogP contribution is 2.25. The molecule has 6 nitrogen and oxygen atoms in total. The number of nitro benzene ring substituents is 1. The lowest BCUT2D eigenvalue weighted by molar-refractivity contribution is -0.384. The molecule has 2 unspecified atom stereocenters. The lowest BCUT2D eigenvalue weighted by atomic mass is 9.93. The van der Waals surface area contributed by atoms with Gasteiger partial charge in [-0.1, -0.05) is 6.92 Å². The Morgan fingerprint density at radius 2 is 2.30 bits per heavy atom. The van der Waals surface area contributed by atoms with Crippen molar-refractivity contribution in [3.63, 3.8) is 0 Å². The lowest BCUT2D eigenvalue weighted by Gasteiger charge is -2.35. The predicted molar refractivity (Wildman–Crippen MR) is 76.5 cm³/mol. The van der Waals surface area contributed by atoms with Crippen molar-refractivity contribution in [1.29, 1.82) is 5.26 Å². The second-order valence-corrected chi connectivity index (χ2v) is 5.38. The molecule has 1 aromatic carbocycles. The second-order valence-electron chi connectivity index (χ2n) is 5.38. The van der Waals surface area contributed by atoms with Gasteiger partial charge in [-0.05, 0) is 32.0 Å². The topological polar surface area (TPSA) is 82.2 Å². The predicted octanol–water partition coefficient (Wildman–Crippen LogP) is 2.22. The normalized spacial score (nSPS) is 23.1. The molecule has 1 saturated heterocycles. The van der Waals surface area contributed by atoms with Gasteiger partial charge in [0.25, 0.3) is 5.69 Å². The first-order chi connectivity index (χ1) is 9.51. The van der Waals surface area contributed by atoms with E-state index in [4.69, 9.17) is 5.26 Å². The molecule has 0 bridgehead atoms. The Bertz CT molecular complexity index is 553. The highest BCUT2D eigenvalue weighted by atomic mass is 16.6. The number of benzene rings is 1. The number of likely N-dealkylation sites (tertiary alicyclic amines) is 1. The van der Waals surface area contributed by atoms with Gasteiger partial charge in [-0.15, -0.1) is 0 Å². The molecule has 0 spiro atoms. The molecular formula is C14H18N4O2. The van der Waals surface area contributed by atoms with E-state index in [0.717, 1.165) is 19.5 Å². The van der Waals surface area contributed by atoms with E-state index in [1.165, 1.54) is 12.1 Å². The molecule has 0 radical (unpaired) electrons. The minimum Gasteiger partial charge on any atom is -0.381 e. The van der Waals surface area contributed by atoms with Crippen LogP contribution in [0.1, 0.15) is 18.9 Å². The van der Waals surface area contributed by atoms with Gasteiger partial charge in [0.05, 0.1) is 16.2 Å². The minimum absolute atomic E-state index is 0.0523. The maximum Gasteiger partial charge on any atom is 0.270 e. The number of anilines is 1. The molecule has 20 heavy (non-hydrogen) atoms. The van der Waals surface area contributed by atoms with Crippen molar-refractivity contribution in [1.82, 2.24) is 4.90 Å². The molecule has 1 aliphatic rings. The Hall–Kier alpha value is -2.13. The number of nitrogens with zero attached hydrogens (tertiary/aromatic N) is 3. The molecular weight excluding hydrogens is 256 g/mol. The van der Waals surface area contributed by atoms with Gasteiger partial charge in [-0.2, -0.15) is 5.26 Å². The monoisotopic (exact) mass is 274 g/mol. The zero-order valence-corrected chi connectivity index (χ0v) is 11.7. The van der Waals surface area contributed by atoms with Crippen molar-refractivity contribution in [2.75, 3.05) is 25.5 Å². The third-order valence-corrected chi connectivity index (χ3v) is 3.78. The smallest absolute Gasteiger partial charge is 0.270 e.